The lowest BCUT2D eigenvalue weighted by Crippen LogP contribution is -2.48. The van der Waals surface area contributed by atoms with Gasteiger partial charge in [0.1, 0.15) is 5.75 Å². The number of anilines is 1. The van der Waals surface area contributed by atoms with E-state index in [9.17, 15) is 5.11 Å². The van der Waals surface area contributed by atoms with Gasteiger partial charge < -0.3 is 15.2 Å². The predicted octanol–water partition coefficient (Wildman–Crippen LogP) is 2.43. The third kappa shape index (κ3) is 2.69. The van der Waals surface area contributed by atoms with Crippen molar-refractivity contribution in [1.82, 2.24) is 0 Å². The Hall–Kier alpha value is -1.44. The smallest absolute Gasteiger partial charge is 0.143 e. The summed E-state index contributed by atoms with van der Waals surface area (Å²) in [5, 5.41) is 22.5. The molecule has 1 aromatic carbocycles. The fourth-order valence-corrected chi connectivity index (χ4v) is 2.33. The molecular formula is C13H15ClN2O2. The fourth-order valence-electron chi connectivity index (χ4n) is 2.16. The van der Waals surface area contributed by atoms with Crippen LogP contribution in [0.4, 0.5) is 5.69 Å². The number of aliphatic hydroxyl groups is 1. The Balaban J connectivity index is 1.97. The maximum atomic E-state index is 10.1. The van der Waals surface area contributed by atoms with Gasteiger partial charge in [0.25, 0.3) is 0 Å². The van der Waals surface area contributed by atoms with Gasteiger partial charge in [-0.15, -0.1) is 0 Å². The van der Waals surface area contributed by atoms with Gasteiger partial charge in [0.05, 0.1) is 30.4 Å². The fraction of sp³-hybridized carbons (Fsp3) is 0.462. The minimum atomic E-state index is -0.787. The van der Waals surface area contributed by atoms with Crippen LogP contribution in [0.15, 0.2) is 18.2 Å². The van der Waals surface area contributed by atoms with E-state index in [1.807, 2.05) is 6.07 Å². The summed E-state index contributed by atoms with van der Waals surface area (Å²) in [6, 6.07) is 7.44. The molecule has 0 aromatic heterocycles. The second-order valence-corrected chi connectivity index (χ2v) is 5.09. The summed E-state index contributed by atoms with van der Waals surface area (Å²) in [6.45, 7) is 0.406. The zero-order valence-corrected chi connectivity index (χ0v) is 10.9. The first-order valence-corrected chi connectivity index (χ1v) is 6.13. The van der Waals surface area contributed by atoms with Crippen molar-refractivity contribution >= 4 is 17.3 Å². The summed E-state index contributed by atoms with van der Waals surface area (Å²) < 4.78 is 5.20. The van der Waals surface area contributed by atoms with E-state index in [-0.39, 0.29) is 5.92 Å². The molecule has 2 rings (SSSR count). The molecule has 1 saturated carbocycles. The number of hydrogen-bond acceptors (Lipinski definition) is 4. The maximum Gasteiger partial charge on any atom is 0.143 e. The number of benzene rings is 1. The number of hydrogen-bond donors (Lipinski definition) is 2. The number of rotatable bonds is 4. The summed E-state index contributed by atoms with van der Waals surface area (Å²) in [6.07, 6.45) is 1.04. The third-order valence-electron chi connectivity index (χ3n) is 3.21. The lowest BCUT2D eigenvalue weighted by Gasteiger charge is -2.40. The van der Waals surface area contributed by atoms with E-state index in [0.29, 0.717) is 30.2 Å². The number of methoxy groups -OCH3 is 1. The average Bonchev–Trinajstić information content (AvgIpc) is 2.33. The molecule has 0 spiro atoms. The topological polar surface area (TPSA) is 65.3 Å². The van der Waals surface area contributed by atoms with E-state index in [1.54, 1.807) is 19.2 Å². The first-order valence-electron chi connectivity index (χ1n) is 5.76. The van der Waals surface area contributed by atoms with Crippen LogP contribution in [0.25, 0.3) is 0 Å². The second-order valence-electron chi connectivity index (χ2n) is 4.66. The van der Waals surface area contributed by atoms with Gasteiger partial charge in [-0.05, 0) is 25.0 Å². The first-order chi connectivity index (χ1) is 8.56. The SMILES string of the molecule is COc1cc(Cl)ccc1NCC1(O)CC(C#N)C1. The lowest BCUT2D eigenvalue weighted by atomic mass is 9.71. The number of halogens is 1. The van der Waals surface area contributed by atoms with Gasteiger partial charge in [-0.25, -0.2) is 0 Å². The van der Waals surface area contributed by atoms with Crippen molar-refractivity contribution in [3.63, 3.8) is 0 Å². The van der Waals surface area contributed by atoms with Crippen LogP contribution < -0.4 is 10.1 Å². The molecule has 0 atom stereocenters. The van der Waals surface area contributed by atoms with Crippen molar-refractivity contribution in [2.24, 2.45) is 5.92 Å². The maximum absolute atomic E-state index is 10.1. The molecule has 5 heteroatoms. The molecule has 1 fully saturated rings. The Bertz CT molecular complexity index is 478. The minimum Gasteiger partial charge on any atom is -0.495 e. The van der Waals surface area contributed by atoms with Crippen LogP contribution in [0.3, 0.4) is 0 Å². The molecule has 4 nitrogen and oxygen atoms in total. The molecule has 96 valence electrons. The highest BCUT2D eigenvalue weighted by Crippen LogP contribution is 2.38. The Morgan fingerprint density at radius 2 is 2.33 bits per heavy atom. The monoisotopic (exact) mass is 266 g/mol. The van der Waals surface area contributed by atoms with E-state index < -0.39 is 5.60 Å². The zero-order valence-electron chi connectivity index (χ0n) is 10.1. The molecule has 0 aliphatic heterocycles. The Kier molecular flexibility index (Phi) is 3.65. The summed E-state index contributed by atoms with van der Waals surface area (Å²) in [4.78, 5) is 0. The number of ether oxygens (including phenoxy) is 1. The lowest BCUT2D eigenvalue weighted by molar-refractivity contribution is -0.0442. The number of nitriles is 1. The van der Waals surface area contributed by atoms with Crippen molar-refractivity contribution in [3.8, 4) is 11.8 Å². The Morgan fingerprint density at radius 3 is 2.94 bits per heavy atom. The van der Waals surface area contributed by atoms with E-state index in [0.717, 1.165) is 5.69 Å². The predicted molar refractivity (Wildman–Crippen MR) is 69.8 cm³/mol. The quantitative estimate of drug-likeness (QED) is 0.878. The summed E-state index contributed by atoms with van der Waals surface area (Å²) in [5.41, 5.74) is 0.00105. The van der Waals surface area contributed by atoms with Gasteiger partial charge in [0, 0.05) is 17.6 Å². The van der Waals surface area contributed by atoms with Gasteiger partial charge in [-0.2, -0.15) is 5.26 Å². The Labute approximate surface area is 111 Å². The molecule has 0 saturated heterocycles. The van der Waals surface area contributed by atoms with Crippen molar-refractivity contribution < 1.29 is 9.84 Å². The van der Waals surface area contributed by atoms with Gasteiger partial charge in [0.15, 0.2) is 0 Å². The molecular weight excluding hydrogens is 252 g/mol. The van der Waals surface area contributed by atoms with Crippen LogP contribution in [-0.4, -0.2) is 24.4 Å². The molecule has 0 heterocycles. The minimum absolute atomic E-state index is 0.0242. The summed E-state index contributed by atoms with van der Waals surface area (Å²) >= 11 is 5.87. The van der Waals surface area contributed by atoms with Crippen molar-refractivity contribution in [2.45, 2.75) is 18.4 Å². The van der Waals surface area contributed by atoms with E-state index >= 15 is 0 Å². The number of nitrogens with zero attached hydrogens (tertiary/aromatic N) is 1. The van der Waals surface area contributed by atoms with E-state index in [1.165, 1.54) is 0 Å². The molecule has 2 N–H and O–H groups in total. The Morgan fingerprint density at radius 1 is 1.61 bits per heavy atom. The van der Waals surface area contributed by atoms with Crippen LogP contribution in [0, 0.1) is 17.2 Å². The molecule has 18 heavy (non-hydrogen) atoms. The van der Waals surface area contributed by atoms with Crippen LogP contribution >= 0.6 is 11.6 Å². The van der Waals surface area contributed by atoms with Crippen LogP contribution in [-0.2, 0) is 0 Å². The summed E-state index contributed by atoms with van der Waals surface area (Å²) in [7, 11) is 1.57. The van der Waals surface area contributed by atoms with Crippen LogP contribution in [0.1, 0.15) is 12.8 Å². The van der Waals surface area contributed by atoms with Crippen LogP contribution in [0.5, 0.6) is 5.75 Å². The highest BCUT2D eigenvalue weighted by molar-refractivity contribution is 6.30. The standard InChI is InChI=1S/C13H15ClN2O2/c1-18-12-4-10(14)2-3-11(12)16-8-13(17)5-9(6-13)7-15/h2-4,9,16-17H,5-6,8H2,1H3. The van der Waals surface area contributed by atoms with Gasteiger partial charge in [-0.1, -0.05) is 11.6 Å². The summed E-state index contributed by atoms with van der Waals surface area (Å²) in [5.74, 6) is 0.617. The van der Waals surface area contributed by atoms with Gasteiger partial charge >= 0.3 is 0 Å². The third-order valence-corrected chi connectivity index (χ3v) is 3.44. The molecule has 1 aliphatic rings. The molecule has 0 bridgehead atoms. The molecule has 1 aromatic rings. The second kappa shape index (κ2) is 5.05. The first kappa shape index (κ1) is 13.0. The van der Waals surface area contributed by atoms with E-state index in [4.69, 9.17) is 21.6 Å². The van der Waals surface area contributed by atoms with Crippen molar-refractivity contribution in [1.29, 1.82) is 5.26 Å². The molecule has 0 radical (unpaired) electrons. The van der Waals surface area contributed by atoms with Crippen molar-refractivity contribution in [3.05, 3.63) is 23.2 Å². The highest BCUT2D eigenvalue weighted by Gasteiger charge is 2.42. The largest absolute Gasteiger partial charge is 0.495 e. The highest BCUT2D eigenvalue weighted by atomic mass is 35.5. The molecule has 1 aliphatic carbocycles. The number of nitrogens with one attached hydrogen (secondary N) is 1. The normalized spacial score (nSPS) is 26.0. The van der Waals surface area contributed by atoms with E-state index in [2.05, 4.69) is 11.4 Å². The van der Waals surface area contributed by atoms with Crippen LogP contribution in [0.2, 0.25) is 5.02 Å². The van der Waals surface area contributed by atoms with Gasteiger partial charge in [-0.3, -0.25) is 0 Å². The average molecular weight is 267 g/mol. The molecule has 0 unspecified atom stereocenters. The zero-order chi connectivity index (χ0) is 13.2. The van der Waals surface area contributed by atoms with Gasteiger partial charge in [0.2, 0.25) is 0 Å². The van der Waals surface area contributed by atoms with Crippen molar-refractivity contribution in [2.75, 3.05) is 19.0 Å². The molecule has 0 amide bonds.